The highest BCUT2D eigenvalue weighted by Gasteiger charge is 2.20. The number of fused-ring (bicyclic) bond motifs is 1. The second kappa shape index (κ2) is 5.11. The van der Waals surface area contributed by atoms with E-state index < -0.39 is 0 Å². The first kappa shape index (κ1) is 12.8. The highest BCUT2D eigenvalue weighted by atomic mass is 19.1. The van der Waals surface area contributed by atoms with Crippen molar-refractivity contribution in [2.45, 2.75) is 0 Å². The number of halogens is 1. The molecule has 0 aliphatic heterocycles. The summed E-state index contributed by atoms with van der Waals surface area (Å²) in [7, 11) is 0. The Morgan fingerprint density at radius 1 is 0.727 bits per heavy atom. The number of aromatic amines is 1. The van der Waals surface area contributed by atoms with Crippen molar-refractivity contribution in [2.75, 3.05) is 0 Å². The summed E-state index contributed by atoms with van der Waals surface area (Å²) in [5.74, 6) is 0.711. The molecule has 0 fully saturated rings. The molecule has 22 heavy (non-hydrogen) atoms. The van der Waals surface area contributed by atoms with Gasteiger partial charge in [-0.05, 0) is 36.4 Å². The number of pyridine rings is 1. The lowest BCUT2D eigenvalue weighted by atomic mass is 10.1. The summed E-state index contributed by atoms with van der Waals surface area (Å²) in [5.41, 5.74) is 4.22. The van der Waals surface area contributed by atoms with Gasteiger partial charge in [0.1, 0.15) is 5.82 Å². The minimum absolute atomic E-state index is 0.229. The number of nitrogens with one attached hydrogen (secondary N) is 1. The average Bonchev–Trinajstić information content (AvgIpc) is 2.96. The smallest absolute Gasteiger partial charge is 0.236 e. The molecule has 0 saturated heterocycles. The molecule has 2 nitrogen and oxygen atoms in total. The largest absolute Gasteiger partial charge is 0.292 e. The topological polar surface area (TPSA) is 19.9 Å². The summed E-state index contributed by atoms with van der Waals surface area (Å²) in [4.78, 5) is 3.48. The van der Waals surface area contributed by atoms with E-state index in [9.17, 15) is 4.39 Å². The highest BCUT2D eigenvalue weighted by molar-refractivity contribution is 5.76. The lowest BCUT2D eigenvalue weighted by Gasteiger charge is -1.94. The third-order valence-electron chi connectivity index (χ3n) is 3.78. The average molecular weight is 289 g/mol. The van der Waals surface area contributed by atoms with E-state index in [-0.39, 0.29) is 5.82 Å². The van der Waals surface area contributed by atoms with Gasteiger partial charge in [0.2, 0.25) is 0 Å². The van der Waals surface area contributed by atoms with Crippen LogP contribution in [0, 0.1) is 5.82 Å². The van der Waals surface area contributed by atoms with Gasteiger partial charge >= 0.3 is 0 Å². The second-order valence-corrected chi connectivity index (χ2v) is 5.18. The lowest BCUT2D eigenvalue weighted by molar-refractivity contribution is -0.498. The minimum atomic E-state index is -0.229. The van der Waals surface area contributed by atoms with Crippen LogP contribution in [0.5, 0.6) is 0 Å². The number of nitrogens with zero attached hydrogens (tertiary/aromatic N) is 1. The quantitative estimate of drug-likeness (QED) is 0.533. The van der Waals surface area contributed by atoms with Gasteiger partial charge in [-0.2, -0.15) is 4.40 Å². The number of hydrogen-bond donors (Lipinski definition) is 1. The van der Waals surface area contributed by atoms with E-state index in [1.54, 1.807) is 12.1 Å². The van der Waals surface area contributed by atoms with Gasteiger partial charge < -0.3 is 0 Å². The van der Waals surface area contributed by atoms with Gasteiger partial charge in [0.25, 0.3) is 5.82 Å². The molecule has 1 N–H and O–H groups in total. The summed E-state index contributed by atoms with van der Waals surface area (Å²) >= 11 is 0. The zero-order valence-electron chi connectivity index (χ0n) is 11.8. The molecule has 0 unspecified atom stereocenters. The van der Waals surface area contributed by atoms with Gasteiger partial charge in [-0.1, -0.05) is 36.4 Å². The fourth-order valence-electron chi connectivity index (χ4n) is 2.73. The Bertz CT molecular complexity index is 925. The van der Waals surface area contributed by atoms with Gasteiger partial charge in [-0.15, -0.1) is 0 Å². The zero-order valence-corrected chi connectivity index (χ0v) is 11.8. The van der Waals surface area contributed by atoms with Crippen molar-refractivity contribution in [3.8, 4) is 22.6 Å². The second-order valence-electron chi connectivity index (χ2n) is 5.18. The Hall–Kier alpha value is -2.94. The van der Waals surface area contributed by atoms with Crippen molar-refractivity contribution in [1.82, 2.24) is 4.98 Å². The molecular formula is C19H14FN2+. The molecular weight excluding hydrogens is 275 g/mol. The van der Waals surface area contributed by atoms with Crippen molar-refractivity contribution < 1.29 is 8.79 Å². The molecule has 0 aliphatic carbocycles. The normalized spacial score (nSPS) is 11.0. The summed E-state index contributed by atoms with van der Waals surface area (Å²) in [6, 6.07) is 22.8. The SMILES string of the molecule is Fc1ccc(-c2[nH]c(-c3ccccc3)c3cccc[n+]23)cc1. The molecule has 4 rings (SSSR count). The van der Waals surface area contributed by atoms with Crippen molar-refractivity contribution in [3.63, 3.8) is 0 Å². The van der Waals surface area contributed by atoms with Gasteiger partial charge in [-0.3, -0.25) is 0 Å². The number of imidazole rings is 1. The van der Waals surface area contributed by atoms with Crippen LogP contribution in [0.25, 0.3) is 28.2 Å². The Morgan fingerprint density at radius 2 is 1.45 bits per heavy atom. The number of aromatic nitrogens is 2. The fourth-order valence-corrected chi connectivity index (χ4v) is 2.73. The monoisotopic (exact) mass is 289 g/mol. The summed E-state index contributed by atoms with van der Waals surface area (Å²) in [5, 5.41) is 0. The number of hydrogen-bond acceptors (Lipinski definition) is 0. The van der Waals surface area contributed by atoms with E-state index in [2.05, 4.69) is 27.6 Å². The Balaban J connectivity index is 1.99. The first-order valence-electron chi connectivity index (χ1n) is 7.17. The van der Waals surface area contributed by atoms with Crippen LogP contribution in [-0.4, -0.2) is 4.98 Å². The van der Waals surface area contributed by atoms with Crippen molar-refractivity contribution in [2.24, 2.45) is 0 Å². The maximum Gasteiger partial charge on any atom is 0.292 e. The maximum atomic E-state index is 13.2. The van der Waals surface area contributed by atoms with E-state index in [0.717, 1.165) is 28.2 Å². The van der Waals surface area contributed by atoms with Gasteiger partial charge in [0.15, 0.2) is 11.2 Å². The van der Waals surface area contributed by atoms with Crippen molar-refractivity contribution in [3.05, 3.63) is 84.8 Å². The molecule has 0 radical (unpaired) electrons. The van der Waals surface area contributed by atoms with Gasteiger partial charge in [0, 0.05) is 5.56 Å². The van der Waals surface area contributed by atoms with Crippen LogP contribution in [-0.2, 0) is 0 Å². The van der Waals surface area contributed by atoms with Crippen LogP contribution < -0.4 is 4.40 Å². The Kier molecular flexibility index (Phi) is 2.97. The van der Waals surface area contributed by atoms with Crippen LogP contribution in [0.2, 0.25) is 0 Å². The highest BCUT2D eigenvalue weighted by Crippen LogP contribution is 2.25. The Labute approximate surface area is 127 Å². The third-order valence-corrected chi connectivity index (χ3v) is 3.78. The standard InChI is InChI=1S/C19H13FN2/c20-16-11-9-15(10-12-16)19-21-18(14-6-2-1-3-7-14)17-8-4-5-13-22(17)19/h1-13H/p+1. The van der Waals surface area contributed by atoms with Crippen LogP contribution in [0.4, 0.5) is 4.39 Å². The minimum Gasteiger partial charge on any atom is -0.236 e. The van der Waals surface area contributed by atoms with E-state index in [4.69, 9.17) is 0 Å². The molecule has 0 amide bonds. The third kappa shape index (κ3) is 2.07. The molecule has 2 aromatic carbocycles. The Morgan fingerprint density at radius 3 is 2.23 bits per heavy atom. The summed E-state index contributed by atoms with van der Waals surface area (Å²) in [6.07, 6.45) is 2.01. The van der Waals surface area contributed by atoms with E-state index in [0.29, 0.717) is 0 Å². The van der Waals surface area contributed by atoms with Crippen molar-refractivity contribution in [1.29, 1.82) is 0 Å². The fraction of sp³-hybridized carbons (Fsp3) is 0. The van der Waals surface area contributed by atoms with E-state index in [1.807, 2.05) is 36.5 Å². The molecule has 3 heteroatoms. The first-order chi connectivity index (χ1) is 10.8. The van der Waals surface area contributed by atoms with E-state index >= 15 is 0 Å². The van der Waals surface area contributed by atoms with Gasteiger partial charge in [-0.25, -0.2) is 9.37 Å². The molecule has 4 aromatic rings. The molecule has 0 saturated carbocycles. The molecule has 2 aromatic heterocycles. The molecule has 0 spiro atoms. The molecule has 0 atom stereocenters. The molecule has 106 valence electrons. The number of H-pyrrole nitrogens is 1. The molecule has 0 bridgehead atoms. The lowest BCUT2D eigenvalue weighted by Crippen LogP contribution is -2.20. The number of rotatable bonds is 2. The molecule has 0 aliphatic rings. The van der Waals surface area contributed by atoms with Crippen LogP contribution >= 0.6 is 0 Å². The number of benzene rings is 2. The predicted octanol–water partition coefficient (Wildman–Crippen LogP) is 4.23. The van der Waals surface area contributed by atoms with Crippen molar-refractivity contribution >= 4 is 5.52 Å². The summed E-state index contributed by atoms with van der Waals surface area (Å²) in [6.45, 7) is 0. The van der Waals surface area contributed by atoms with Crippen LogP contribution in [0.1, 0.15) is 0 Å². The zero-order chi connectivity index (χ0) is 14.9. The summed E-state index contributed by atoms with van der Waals surface area (Å²) < 4.78 is 15.3. The predicted molar refractivity (Wildman–Crippen MR) is 84.8 cm³/mol. The molecule has 2 heterocycles. The first-order valence-corrected chi connectivity index (χ1v) is 7.17. The van der Waals surface area contributed by atoms with Crippen LogP contribution in [0.3, 0.4) is 0 Å². The van der Waals surface area contributed by atoms with E-state index in [1.165, 1.54) is 12.1 Å². The van der Waals surface area contributed by atoms with Crippen LogP contribution in [0.15, 0.2) is 79.0 Å². The maximum absolute atomic E-state index is 13.2. The van der Waals surface area contributed by atoms with Gasteiger partial charge in [0.05, 0.1) is 11.8 Å².